The largest absolute Gasteiger partial charge is 0.269 e. The molecule has 1 aromatic rings. The molecule has 0 aromatic carbocycles. The van der Waals surface area contributed by atoms with Crippen molar-refractivity contribution in [1.29, 1.82) is 0 Å². The van der Waals surface area contributed by atoms with Crippen molar-refractivity contribution in [3.63, 3.8) is 0 Å². The van der Waals surface area contributed by atoms with E-state index in [0.29, 0.717) is 9.80 Å². The van der Waals surface area contributed by atoms with Gasteiger partial charge in [-0.1, -0.05) is 0 Å². The molecule has 3 rings (SSSR count). The number of anilines is 2. The summed E-state index contributed by atoms with van der Waals surface area (Å²) < 4.78 is 0. The highest BCUT2D eigenvalue weighted by Gasteiger charge is 2.31. The zero-order chi connectivity index (χ0) is 14.3. The molecule has 0 spiro atoms. The van der Waals surface area contributed by atoms with E-state index >= 15 is 0 Å². The molecule has 0 saturated heterocycles. The van der Waals surface area contributed by atoms with Crippen LogP contribution in [0.1, 0.15) is 0 Å². The van der Waals surface area contributed by atoms with Gasteiger partial charge in [0.15, 0.2) is 0 Å². The highest BCUT2D eigenvalue weighted by atomic mass is 16.2. The number of hydrogen-bond donors (Lipinski definition) is 0. The average molecular weight is 271 g/mol. The van der Waals surface area contributed by atoms with Gasteiger partial charge in [0, 0.05) is 24.3 Å². The zero-order valence-corrected chi connectivity index (χ0v) is 9.76. The van der Waals surface area contributed by atoms with Crippen LogP contribution in [0.3, 0.4) is 0 Å². The summed E-state index contributed by atoms with van der Waals surface area (Å²) >= 11 is 0. The molecule has 3 heterocycles. The summed E-state index contributed by atoms with van der Waals surface area (Å²) in [6, 6.07) is 0. The first-order valence-electron chi connectivity index (χ1n) is 5.39. The molecule has 2 aliphatic rings. The van der Waals surface area contributed by atoms with Gasteiger partial charge < -0.3 is 0 Å². The molecule has 4 amide bonds. The Morgan fingerprint density at radius 3 is 1.35 bits per heavy atom. The van der Waals surface area contributed by atoms with Crippen LogP contribution in [0.25, 0.3) is 0 Å². The average Bonchev–Trinajstić information content (AvgIpc) is 2.93. The van der Waals surface area contributed by atoms with Gasteiger partial charge in [-0.2, -0.15) is 4.98 Å². The molecule has 0 atom stereocenters. The Hall–Kier alpha value is -3.23. The Balaban J connectivity index is 1.99. The molecule has 0 unspecified atom stereocenters. The number of aromatic nitrogens is 3. The molecule has 9 heteroatoms. The van der Waals surface area contributed by atoms with Crippen molar-refractivity contribution in [2.45, 2.75) is 0 Å². The SMILES string of the molecule is O=C1C=CC(=O)N1c1ncnc(N2C(=O)C=CC2=O)n1. The summed E-state index contributed by atoms with van der Waals surface area (Å²) in [4.78, 5) is 58.6. The predicted octanol–water partition coefficient (Wildman–Crippen LogP) is -1.27. The number of carbonyl (C=O) groups is 4. The van der Waals surface area contributed by atoms with Crippen molar-refractivity contribution < 1.29 is 19.2 Å². The van der Waals surface area contributed by atoms with E-state index in [1.807, 2.05) is 0 Å². The standard InChI is InChI=1S/C11H5N5O4/c17-6-1-2-7(18)15(6)10-12-5-13-11(14-10)16-8(19)3-4-9(16)20/h1-5H. The lowest BCUT2D eigenvalue weighted by atomic mass is 10.6. The lowest BCUT2D eigenvalue weighted by Crippen LogP contribution is -2.34. The lowest BCUT2D eigenvalue weighted by Gasteiger charge is -2.14. The Morgan fingerprint density at radius 2 is 1.00 bits per heavy atom. The maximum Gasteiger partial charge on any atom is 0.260 e. The van der Waals surface area contributed by atoms with E-state index in [1.165, 1.54) is 0 Å². The molecule has 0 radical (unpaired) electrons. The Labute approximate surface area is 111 Å². The maximum atomic E-state index is 11.5. The number of imide groups is 2. The second-order valence-electron chi connectivity index (χ2n) is 3.78. The van der Waals surface area contributed by atoms with Crippen LogP contribution in [0.5, 0.6) is 0 Å². The van der Waals surface area contributed by atoms with E-state index in [-0.39, 0.29) is 11.9 Å². The van der Waals surface area contributed by atoms with Gasteiger partial charge >= 0.3 is 0 Å². The second-order valence-corrected chi connectivity index (χ2v) is 3.78. The fourth-order valence-electron chi connectivity index (χ4n) is 1.69. The van der Waals surface area contributed by atoms with Gasteiger partial charge in [-0.15, -0.1) is 0 Å². The van der Waals surface area contributed by atoms with Crippen molar-refractivity contribution in [3.05, 3.63) is 30.6 Å². The first-order chi connectivity index (χ1) is 9.58. The van der Waals surface area contributed by atoms with Crippen LogP contribution in [0.4, 0.5) is 11.9 Å². The number of carbonyl (C=O) groups excluding carboxylic acids is 4. The van der Waals surface area contributed by atoms with Crippen LogP contribution in [0.15, 0.2) is 30.6 Å². The fraction of sp³-hybridized carbons (Fsp3) is 0. The van der Waals surface area contributed by atoms with Crippen LogP contribution < -0.4 is 9.80 Å². The van der Waals surface area contributed by atoms with Crippen molar-refractivity contribution in [1.82, 2.24) is 15.0 Å². The molecule has 0 bridgehead atoms. The highest BCUT2D eigenvalue weighted by molar-refractivity contribution is 6.28. The van der Waals surface area contributed by atoms with E-state index < -0.39 is 23.6 Å². The van der Waals surface area contributed by atoms with Gasteiger partial charge in [-0.25, -0.2) is 19.8 Å². The Bertz CT molecular complexity index is 630. The quantitative estimate of drug-likeness (QED) is 0.616. The van der Waals surface area contributed by atoms with E-state index in [2.05, 4.69) is 15.0 Å². The van der Waals surface area contributed by atoms with E-state index in [1.54, 1.807) is 0 Å². The van der Waals surface area contributed by atoms with Gasteiger partial charge in [-0.3, -0.25) is 19.2 Å². The molecule has 0 aliphatic carbocycles. The van der Waals surface area contributed by atoms with E-state index in [4.69, 9.17) is 0 Å². The first kappa shape index (κ1) is 11.8. The molecular formula is C11H5N5O4. The predicted molar refractivity (Wildman–Crippen MR) is 63.1 cm³/mol. The normalized spacial score (nSPS) is 17.8. The fourth-order valence-corrected chi connectivity index (χ4v) is 1.69. The van der Waals surface area contributed by atoms with Crippen LogP contribution in [-0.2, 0) is 19.2 Å². The minimum absolute atomic E-state index is 0.248. The maximum absolute atomic E-state index is 11.5. The summed E-state index contributed by atoms with van der Waals surface area (Å²) in [5, 5.41) is 0. The summed E-state index contributed by atoms with van der Waals surface area (Å²) in [5.74, 6) is -2.92. The molecule has 2 aliphatic heterocycles. The van der Waals surface area contributed by atoms with Gasteiger partial charge in [0.1, 0.15) is 6.33 Å². The summed E-state index contributed by atoms with van der Waals surface area (Å²) in [6.45, 7) is 0. The molecule has 0 N–H and O–H groups in total. The number of amides is 4. The van der Waals surface area contributed by atoms with Crippen molar-refractivity contribution in [3.8, 4) is 0 Å². The third kappa shape index (κ3) is 1.68. The van der Waals surface area contributed by atoms with Gasteiger partial charge in [0.05, 0.1) is 0 Å². The molecule has 1 aromatic heterocycles. The third-order valence-corrected chi connectivity index (χ3v) is 2.56. The van der Waals surface area contributed by atoms with E-state index in [0.717, 1.165) is 30.6 Å². The number of hydrogen-bond acceptors (Lipinski definition) is 7. The molecular weight excluding hydrogens is 266 g/mol. The minimum Gasteiger partial charge on any atom is -0.269 e. The first-order valence-corrected chi connectivity index (χ1v) is 5.39. The van der Waals surface area contributed by atoms with Crippen LogP contribution in [0, 0.1) is 0 Å². The van der Waals surface area contributed by atoms with Crippen molar-refractivity contribution in [2.75, 3.05) is 9.80 Å². The molecule has 0 fully saturated rings. The second kappa shape index (κ2) is 4.16. The minimum atomic E-state index is -0.607. The monoisotopic (exact) mass is 271 g/mol. The van der Waals surface area contributed by atoms with Gasteiger partial charge in [-0.05, 0) is 0 Å². The zero-order valence-electron chi connectivity index (χ0n) is 9.76. The van der Waals surface area contributed by atoms with Crippen LogP contribution in [-0.4, -0.2) is 38.6 Å². The smallest absolute Gasteiger partial charge is 0.260 e. The molecule has 98 valence electrons. The summed E-state index contributed by atoms with van der Waals surface area (Å²) in [5.41, 5.74) is 0. The molecule has 20 heavy (non-hydrogen) atoms. The van der Waals surface area contributed by atoms with E-state index in [9.17, 15) is 19.2 Å². The van der Waals surface area contributed by atoms with Crippen molar-refractivity contribution in [2.24, 2.45) is 0 Å². The van der Waals surface area contributed by atoms with Crippen LogP contribution >= 0.6 is 0 Å². The van der Waals surface area contributed by atoms with Crippen LogP contribution in [0.2, 0.25) is 0 Å². The Kier molecular flexibility index (Phi) is 2.46. The number of nitrogens with zero attached hydrogens (tertiary/aromatic N) is 5. The van der Waals surface area contributed by atoms with Gasteiger partial charge in [0.25, 0.3) is 23.6 Å². The summed E-state index contributed by atoms with van der Waals surface area (Å²) in [6.07, 6.45) is 5.29. The molecule has 9 nitrogen and oxygen atoms in total. The summed E-state index contributed by atoms with van der Waals surface area (Å²) in [7, 11) is 0. The number of rotatable bonds is 2. The van der Waals surface area contributed by atoms with Gasteiger partial charge in [0.2, 0.25) is 11.9 Å². The topological polar surface area (TPSA) is 113 Å². The lowest BCUT2D eigenvalue weighted by molar-refractivity contribution is -0.121. The Morgan fingerprint density at radius 1 is 0.650 bits per heavy atom. The highest BCUT2D eigenvalue weighted by Crippen LogP contribution is 2.18. The molecule has 0 saturated carbocycles. The third-order valence-electron chi connectivity index (χ3n) is 2.56. The van der Waals surface area contributed by atoms with Crippen molar-refractivity contribution >= 4 is 35.5 Å².